The van der Waals surface area contributed by atoms with E-state index in [0.29, 0.717) is 6.42 Å². The molecule has 2 heterocycles. The molecular weight excluding hydrogens is 496 g/mol. The molecule has 0 aliphatic heterocycles. The van der Waals surface area contributed by atoms with E-state index in [1.54, 1.807) is 18.7 Å². The molecule has 0 saturated carbocycles. The van der Waals surface area contributed by atoms with Crippen molar-refractivity contribution in [1.82, 2.24) is 9.97 Å². The molecule has 1 aromatic carbocycles. The van der Waals surface area contributed by atoms with Gasteiger partial charge in [0.25, 0.3) is 0 Å². The minimum absolute atomic E-state index is 0. The summed E-state index contributed by atoms with van der Waals surface area (Å²) in [6.07, 6.45) is 0.472. The summed E-state index contributed by atoms with van der Waals surface area (Å²) in [6.45, 7) is 1.55. The number of carbonyl (C=O) groups is 1. The first-order chi connectivity index (χ1) is 11.7. The van der Waals surface area contributed by atoms with Crippen molar-refractivity contribution >= 4 is 5.97 Å². The number of aromatic nitrogens is 2. The fourth-order valence-corrected chi connectivity index (χ4v) is 2.11. The first kappa shape index (κ1) is 18.8. The van der Waals surface area contributed by atoms with Crippen LogP contribution in [0.2, 0.25) is 0 Å². The van der Waals surface area contributed by atoms with Crippen LogP contribution in [0.25, 0.3) is 11.3 Å². The zero-order valence-corrected chi connectivity index (χ0v) is 15.4. The first-order valence-corrected chi connectivity index (χ1v) is 7.34. The van der Waals surface area contributed by atoms with Gasteiger partial charge in [0, 0.05) is 38.3 Å². The average Bonchev–Trinajstić information content (AvgIpc) is 2.63. The van der Waals surface area contributed by atoms with E-state index in [4.69, 9.17) is 9.84 Å². The van der Waals surface area contributed by atoms with E-state index in [1.165, 1.54) is 6.07 Å². The summed E-state index contributed by atoms with van der Waals surface area (Å²) >= 11 is 0. The quantitative estimate of drug-likeness (QED) is 0.515. The monoisotopic (exact) mass is 511 g/mol. The van der Waals surface area contributed by atoms with Gasteiger partial charge in [0.15, 0.2) is 5.69 Å². The molecule has 0 bridgehead atoms. The van der Waals surface area contributed by atoms with Crippen molar-refractivity contribution in [1.29, 1.82) is 0 Å². The molecule has 6 heteroatoms. The van der Waals surface area contributed by atoms with Crippen LogP contribution >= 0.6 is 0 Å². The smallest absolute Gasteiger partial charge is 0.354 e. The van der Waals surface area contributed by atoms with Crippen LogP contribution in [-0.4, -0.2) is 21.0 Å². The SMILES string of the molecule is O=C(O)c1cccc(O[CH]Cc2cccc(-c3[c-]cccc3)n2)n1.[Ir]. The molecule has 25 heavy (non-hydrogen) atoms. The van der Waals surface area contributed by atoms with Gasteiger partial charge in [0.2, 0.25) is 5.88 Å². The van der Waals surface area contributed by atoms with E-state index in [9.17, 15) is 4.79 Å². The van der Waals surface area contributed by atoms with Gasteiger partial charge in [-0.2, -0.15) is 0 Å². The van der Waals surface area contributed by atoms with E-state index in [-0.39, 0.29) is 31.7 Å². The molecular formula is C19H14IrN2O3-. The van der Waals surface area contributed by atoms with Crippen LogP contribution in [0.4, 0.5) is 0 Å². The third kappa shape index (κ3) is 5.21. The topological polar surface area (TPSA) is 72.3 Å². The van der Waals surface area contributed by atoms with Crippen molar-refractivity contribution in [3.8, 4) is 17.1 Å². The average molecular weight is 511 g/mol. The molecule has 2 aromatic heterocycles. The molecule has 0 unspecified atom stereocenters. The summed E-state index contributed by atoms with van der Waals surface area (Å²) in [5, 5.41) is 8.91. The minimum atomic E-state index is -1.09. The van der Waals surface area contributed by atoms with Crippen LogP contribution in [-0.2, 0) is 26.5 Å². The van der Waals surface area contributed by atoms with Gasteiger partial charge >= 0.3 is 5.97 Å². The van der Waals surface area contributed by atoms with Gasteiger partial charge in [0.05, 0.1) is 0 Å². The fraction of sp³-hybridized carbons (Fsp3) is 0.0526. The van der Waals surface area contributed by atoms with Crippen molar-refractivity contribution in [2.75, 3.05) is 0 Å². The molecule has 0 fully saturated rings. The van der Waals surface area contributed by atoms with Gasteiger partial charge in [-0.3, -0.25) is 0 Å². The Balaban J connectivity index is 0.00000225. The molecule has 128 valence electrons. The predicted octanol–water partition coefficient (Wildman–Crippen LogP) is 3.42. The van der Waals surface area contributed by atoms with Gasteiger partial charge in [0.1, 0.15) is 6.61 Å². The normalized spacial score (nSPS) is 9.92. The maximum absolute atomic E-state index is 10.9. The number of hydrogen-bond acceptors (Lipinski definition) is 4. The summed E-state index contributed by atoms with van der Waals surface area (Å²) in [6, 6.07) is 21.1. The van der Waals surface area contributed by atoms with Gasteiger partial charge < -0.3 is 14.8 Å². The summed E-state index contributed by atoms with van der Waals surface area (Å²) < 4.78 is 5.40. The van der Waals surface area contributed by atoms with Crippen molar-refractivity contribution in [2.24, 2.45) is 0 Å². The van der Waals surface area contributed by atoms with Crippen LogP contribution < -0.4 is 4.74 Å². The van der Waals surface area contributed by atoms with Gasteiger partial charge in [-0.1, -0.05) is 18.2 Å². The number of aromatic carboxylic acids is 1. The number of pyridine rings is 2. The maximum Gasteiger partial charge on any atom is 0.354 e. The molecule has 2 radical (unpaired) electrons. The summed E-state index contributed by atoms with van der Waals surface area (Å²) in [5.74, 6) is -0.851. The molecule has 3 rings (SSSR count). The molecule has 0 aliphatic carbocycles. The van der Waals surface area contributed by atoms with Gasteiger partial charge in [-0.15, -0.1) is 35.9 Å². The molecule has 0 aliphatic rings. The number of benzene rings is 1. The zero-order valence-electron chi connectivity index (χ0n) is 13.0. The van der Waals surface area contributed by atoms with E-state index >= 15 is 0 Å². The number of nitrogens with zero attached hydrogens (tertiary/aromatic N) is 2. The van der Waals surface area contributed by atoms with E-state index in [1.807, 2.05) is 42.5 Å². The van der Waals surface area contributed by atoms with Crippen molar-refractivity contribution in [3.05, 3.63) is 84.7 Å². The van der Waals surface area contributed by atoms with E-state index < -0.39 is 5.97 Å². The third-order valence-electron chi connectivity index (χ3n) is 3.23. The second kappa shape index (κ2) is 9.06. The number of hydrogen-bond donors (Lipinski definition) is 1. The number of carboxylic acid groups (broad SMARTS) is 1. The zero-order chi connectivity index (χ0) is 16.8. The van der Waals surface area contributed by atoms with Crippen LogP contribution in [0.1, 0.15) is 16.2 Å². The Hall–Kier alpha value is -2.56. The Kier molecular flexibility index (Phi) is 6.80. The summed E-state index contributed by atoms with van der Waals surface area (Å²) in [4.78, 5) is 19.3. The van der Waals surface area contributed by atoms with Gasteiger partial charge in [-0.05, 0) is 17.8 Å². The Morgan fingerprint density at radius 2 is 1.92 bits per heavy atom. The fourth-order valence-electron chi connectivity index (χ4n) is 2.11. The molecule has 5 nitrogen and oxygen atoms in total. The second-order valence-electron chi connectivity index (χ2n) is 4.95. The predicted molar refractivity (Wildman–Crippen MR) is 88.3 cm³/mol. The summed E-state index contributed by atoms with van der Waals surface area (Å²) in [5.41, 5.74) is 2.54. The number of carboxylic acids is 1. The second-order valence-corrected chi connectivity index (χ2v) is 4.95. The Morgan fingerprint density at radius 1 is 1.08 bits per heavy atom. The largest absolute Gasteiger partial charge is 0.477 e. The van der Waals surface area contributed by atoms with Crippen LogP contribution in [0, 0.1) is 12.7 Å². The number of ether oxygens (including phenoxy) is 1. The van der Waals surface area contributed by atoms with Crippen LogP contribution in [0.15, 0.2) is 60.7 Å². The minimum Gasteiger partial charge on any atom is -0.477 e. The molecule has 0 spiro atoms. The Morgan fingerprint density at radius 3 is 2.68 bits per heavy atom. The maximum atomic E-state index is 10.9. The van der Waals surface area contributed by atoms with E-state index in [0.717, 1.165) is 17.0 Å². The van der Waals surface area contributed by atoms with Crippen molar-refractivity contribution in [2.45, 2.75) is 6.42 Å². The summed E-state index contributed by atoms with van der Waals surface area (Å²) in [7, 11) is 0. The number of rotatable bonds is 6. The van der Waals surface area contributed by atoms with Crippen molar-refractivity contribution in [3.63, 3.8) is 0 Å². The van der Waals surface area contributed by atoms with Crippen molar-refractivity contribution < 1.29 is 34.7 Å². The molecule has 0 saturated heterocycles. The molecule has 0 atom stereocenters. The van der Waals surface area contributed by atoms with Crippen LogP contribution in [0.3, 0.4) is 0 Å². The third-order valence-corrected chi connectivity index (χ3v) is 3.23. The molecule has 1 N–H and O–H groups in total. The molecule has 3 aromatic rings. The van der Waals surface area contributed by atoms with E-state index in [2.05, 4.69) is 16.0 Å². The Bertz CT molecular complexity index is 841. The first-order valence-electron chi connectivity index (χ1n) is 7.34. The standard InChI is InChI=1S/C19H14N2O3.Ir/c22-19(23)17-10-5-11-18(21-17)24-13-12-15-8-4-9-16(20-15)14-6-2-1-3-7-14;/h1-6,8-11,13H,12H2,(H,22,23);/q-1;. The van der Waals surface area contributed by atoms with Crippen LogP contribution in [0.5, 0.6) is 5.88 Å². The molecule has 0 amide bonds. The van der Waals surface area contributed by atoms with Gasteiger partial charge in [-0.25, -0.2) is 9.78 Å². The Labute approximate surface area is 159 Å².